The summed E-state index contributed by atoms with van der Waals surface area (Å²) in [6.45, 7) is 8.41. The summed E-state index contributed by atoms with van der Waals surface area (Å²) in [6.07, 6.45) is 4.01. The highest BCUT2D eigenvalue weighted by Crippen LogP contribution is 2.26. The number of aromatic nitrogens is 1. The maximum absolute atomic E-state index is 4.47. The van der Waals surface area contributed by atoms with Crippen LogP contribution in [0.4, 0.5) is 0 Å². The monoisotopic (exact) mass is 173 g/mol. The van der Waals surface area contributed by atoms with Gasteiger partial charge in [-0.25, -0.2) is 0 Å². The molecule has 2 rings (SSSR count). The van der Waals surface area contributed by atoms with Crippen LogP contribution in [0, 0.1) is 0 Å². The molecule has 1 heteroatoms. The Morgan fingerprint density at radius 3 is 2.85 bits per heavy atom. The van der Waals surface area contributed by atoms with Crippen molar-refractivity contribution in [2.45, 2.75) is 32.6 Å². The minimum atomic E-state index is 0.576. The Hall–Kier alpha value is -1.11. The van der Waals surface area contributed by atoms with Crippen LogP contribution in [0.2, 0.25) is 0 Å². The van der Waals surface area contributed by atoms with Crippen LogP contribution in [0.1, 0.15) is 36.6 Å². The third-order valence-electron chi connectivity index (χ3n) is 2.61. The summed E-state index contributed by atoms with van der Waals surface area (Å²) in [5.74, 6) is 0.576. The Morgan fingerprint density at radius 1 is 1.38 bits per heavy atom. The van der Waals surface area contributed by atoms with E-state index in [-0.39, 0.29) is 0 Å². The van der Waals surface area contributed by atoms with Crippen LogP contribution in [0.5, 0.6) is 0 Å². The van der Waals surface area contributed by atoms with Crippen LogP contribution in [-0.4, -0.2) is 4.98 Å². The molecule has 1 aromatic rings. The van der Waals surface area contributed by atoms with Crippen LogP contribution in [0.3, 0.4) is 0 Å². The average Bonchev–Trinajstić information content (AvgIpc) is 2.42. The Kier molecular flexibility index (Phi) is 1.95. The molecule has 0 N–H and O–H groups in total. The molecule has 0 radical (unpaired) electrons. The zero-order valence-corrected chi connectivity index (χ0v) is 8.30. The lowest BCUT2D eigenvalue weighted by molar-refractivity contribution is 0.852. The van der Waals surface area contributed by atoms with E-state index in [1.807, 2.05) is 6.20 Å². The first-order chi connectivity index (χ1) is 6.16. The van der Waals surface area contributed by atoms with E-state index in [1.54, 1.807) is 0 Å². The number of rotatable bonds is 1. The minimum Gasteiger partial charge on any atom is -0.260 e. The van der Waals surface area contributed by atoms with E-state index in [1.165, 1.54) is 22.4 Å². The molecule has 68 valence electrons. The molecule has 0 spiro atoms. The van der Waals surface area contributed by atoms with Crippen molar-refractivity contribution in [3.63, 3.8) is 0 Å². The van der Waals surface area contributed by atoms with Crippen molar-refractivity contribution in [3.8, 4) is 0 Å². The molecule has 0 saturated heterocycles. The Labute approximate surface area is 79.5 Å². The highest BCUT2D eigenvalue weighted by atomic mass is 14.7. The summed E-state index contributed by atoms with van der Waals surface area (Å²) in [7, 11) is 0. The number of allylic oxidation sites excluding steroid dienone is 1. The first-order valence-electron chi connectivity index (χ1n) is 4.81. The molecule has 1 aliphatic rings. The van der Waals surface area contributed by atoms with E-state index < -0.39 is 0 Å². The zero-order chi connectivity index (χ0) is 9.42. The Morgan fingerprint density at radius 2 is 2.15 bits per heavy atom. The second kappa shape index (κ2) is 2.99. The summed E-state index contributed by atoms with van der Waals surface area (Å²) in [5.41, 5.74) is 5.25. The number of nitrogens with zero attached hydrogens (tertiary/aromatic N) is 1. The minimum absolute atomic E-state index is 0.576. The van der Waals surface area contributed by atoms with Gasteiger partial charge in [0, 0.05) is 18.3 Å². The van der Waals surface area contributed by atoms with E-state index in [9.17, 15) is 0 Å². The highest BCUT2D eigenvalue weighted by Gasteiger charge is 2.15. The summed E-state index contributed by atoms with van der Waals surface area (Å²) in [4.78, 5) is 4.47. The molecule has 1 nitrogen and oxygen atoms in total. The molecule has 0 unspecified atom stereocenters. The lowest BCUT2D eigenvalue weighted by Gasteiger charge is -2.06. The second-order valence-electron chi connectivity index (χ2n) is 4.13. The SMILES string of the molecule is C=C1Cc2cc(C(C)C)cnc2C1. The van der Waals surface area contributed by atoms with Gasteiger partial charge in [-0.1, -0.05) is 32.1 Å². The van der Waals surface area contributed by atoms with Gasteiger partial charge >= 0.3 is 0 Å². The lowest BCUT2D eigenvalue weighted by Crippen LogP contribution is -1.93. The topological polar surface area (TPSA) is 12.9 Å². The van der Waals surface area contributed by atoms with E-state index in [0.29, 0.717) is 5.92 Å². The van der Waals surface area contributed by atoms with Crippen molar-refractivity contribution < 1.29 is 0 Å². The maximum Gasteiger partial charge on any atom is 0.0479 e. The van der Waals surface area contributed by atoms with Gasteiger partial charge in [-0.15, -0.1) is 0 Å². The van der Waals surface area contributed by atoms with Crippen molar-refractivity contribution in [2.75, 3.05) is 0 Å². The van der Waals surface area contributed by atoms with Crippen molar-refractivity contribution >= 4 is 0 Å². The van der Waals surface area contributed by atoms with Gasteiger partial charge in [-0.3, -0.25) is 4.98 Å². The van der Waals surface area contributed by atoms with Crippen LogP contribution in [0.25, 0.3) is 0 Å². The van der Waals surface area contributed by atoms with Gasteiger partial charge in [0.15, 0.2) is 0 Å². The first kappa shape index (κ1) is 8.49. The second-order valence-corrected chi connectivity index (χ2v) is 4.13. The van der Waals surface area contributed by atoms with Gasteiger partial charge in [-0.2, -0.15) is 0 Å². The molecule has 1 heterocycles. The van der Waals surface area contributed by atoms with E-state index in [2.05, 4.69) is 31.5 Å². The van der Waals surface area contributed by atoms with Gasteiger partial charge in [0.2, 0.25) is 0 Å². The number of hydrogen-bond acceptors (Lipinski definition) is 1. The fraction of sp³-hybridized carbons (Fsp3) is 0.417. The fourth-order valence-electron chi connectivity index (χ4n) is 1.75. The smallest absolute Gasteiger partial charge is 0.0479 e. The molecule has 0 atom stereocenters. The molecular formula is C12H15N. The molecule has 13 heavy (non-hydrogen) atoms. The number of fused-ring (bicyclic) bond motifs is 1. The fourth-order valence-corrected chi connectivity index (χ4v) is 1.75. The van der Waals surface area contributed by atoms with Crippen LogP contribution in [-0.2, 0) is 12.8 Å². The van der Waals surface area contributed by atoms with Crippen molar-refractivity contribution in [2.24, 2.45) is 0 Å². The molecule has 0 aliphatic heterocycles. The Bertz CT molecular complexity index is 350. The molecule has 1 aliphatic carbocycles. The third-order valence-corrected chi connectivity index (χ3v) is 2.61. The first-order valence-corrected chi connectivity index (χ1v) is 4.81. The van der Waals surface area contributed by atoms with Gasteiger partial charge in [0.05, 0.1) is 0 Å². The van der Waals surface area contributed by atoms with Gasteiger partial charge in [0.25, 0.3) is 0 Å². The third kappa shape index (κ3) is 1.51. The summed E-state index contributed by atoms with van der Waals surface area (Å²) >= 11 is 0. The van der Waals surface area contributed by atoms with E-state index >= 15 is 0 Å². The van der Waals surface area contributed by atoms with Crippen LogP contribution in [0.15, 0.2) is 24.4 Å². The van der Waals surface area contributed by atoms with Crippen LogP contribution < -0.4 is 0 Å². The van der Waals surface area contributed by atoms with Crippen LogP contribution >= 0.6 is 0 Å². The molecule has 0 amide bonds. The highest BCUT2D eigenvalue weighted by molar-refractivity contribution is 5.37. The normalized spacial score (nSPS) is 15.2. The van der Waals surface area contributed by atoms with E-state index in [0.717, 1.165) is 12.8 Å². The van der Waals surface area contributed by atoms with Crippen molar-refractivity contribution in [1.82, 2.24) is 4.98 Å². The molecule has 0 bridgehead atoms. The van der Waals surface area contributed by atoms with Crippen molar-refractivity contribution in [3.05, 3.63) is 41.2 Å². The molecule has 0 aromatic carbocycles. The molecule has 0 fully saturated rings. The zero-order valence-electron chi connectivity index (χ0n) is 8.30. The van der Waals surface area contributed by atoms with Gasteiger partial charge in [-0.05, 0) is 23.5 Å². The van der Waals surface area contributed by atoms with Gasteiger partial charge in [0.1, 0.15) is 0 Å². The lowest BCUT2D eigenvalue weighted by atomic mass is 10.0. The molecular weight excluding hydrogens is 158 g/mol. The predicted octanol–water partition coefficient (Wildman–Crippen LogP) is 2.86. The predicted molar refractivity (Wildman–Crippen MR) is 54.9 cm³/mol. The summed E-state index contributed by atoms with van der Waals surface area (Å²) < 4.78 is 0. The van der Waals surface area contributed by atoms with Crippen molar-refractivity contribution in [1.29, 1.82) is 0 Å². The standard InChI is InChI=1S/C12H15N/c1-8(2)11-6-10-4-9(3)5-12(10)13-7-11/h6-8H,3-5H2,1-2H3. The molecule has 0 saturated carbocycles. The van der Waals surface area contributed by atoms with E-state index in [4.69, 9.17) is 0 Å². The maximum atomic E-state index is 4.47. The summed E-state index contributed by atoms with van der Waals surface area (Å²) in [5, 5.41) is 0. The number of pyridine rings is 1. The van der Waals surface area contributed by atoms with Gasteiger partial charge < -0.3 is 0 Å². The largest absolute Gasteiger partial charge is 0.260 e. The average molecular weight is 173 g/mol. The number of hydrogen-bond donors (Lipinski definition) is 0. The summed E-state index contributed by atoms with van der Waals surface area (Å²) in [6, 6.07) is 2.28. The Balaban J connectivity index is 2.40. The quantitative estimate of drug-likeness (QED) is 0.595. The molecule has 1 aromatic heterocycles.